The Hall–Kier alpha value is -0.960. The molecule has 29 heavy (non-hydrogen) atoms. The van der Waals surface area contributed by atoms with Crippen LogP contribution in [-0.2, 0) is 9.59 Å². The standard InChI is InChI=1S/C26H42O3/c1-15(2)12-19-13-21(18(5)28)26(7)14-22(29)24-20(23(19)26)9-8-16(3)25(24,6)11-10-17(4)27/h15,19-24,29H,3,8-14H2,1-2,4-7H3/t19?,20?,21-,22+,23?,24?,25+,26-/m1/s1. The first-order valence-corrected chi connectivity index (χ1v) is 11.8. The van der Waals surface area contributed by atoms with Gasteiger partial charge >= 0.3 is 0 Å². The molecule has 0 heterocycles. The summed E-state index contributed by atoms with van der Waals surface area (Å²) in [7, 11) is 0. The molecule has 1 N–H and O–H groups in total. The van der Waals surface area contributed by atoms with E-state index in [0.29, 0.717) is 42.3 Å². The van der Waals surface area contributed by atoms with Crippen molar-refractivity contribution in [3.8, 4) is 0 Å². The number of carbonyl (C=O) groups excluding carboxylic acids is 2. The number of allylic oxidation sites excluding steroid dienone is 1. The summed E-state index contributed by atoms with van der Waals surface area (Å²) in [5.41, 5.74) is 0.919. The van der Waals surface area contributed by atoms with Crippen molar-refractivity contribution in [1.82, 2.24) is 0 Å². The van der Waals surface area contributed by atoms with Gasteiger partial charge in [-0.3, -0.25) is 4.79 Å². The van der Waals surface area contributed by atoms with Crippen molar-refractivity contribution in [2.45, 2.75) is 92.6 Å². The summed E-state index contributed by atoms with van der Waals surface area (Å²) in [5.74, 6) is 2.80. The molecule has 164 valence electrons. The number of hydrogen-bond acceptors (Lipinski definition) is 3. The van der Waals surface area contributed by atoms with Crippen LogP contribution in [0.4, 0.5) is 0 Å². The molecule has 3 rings (SSSR count). The minimum Gasteiger partial charge on any atom is -0.393 e. The van der Waals surface area contributed by atoms with Gasteiger partial charge in [-0.05, 0) is 92.8 Å². The Balaban J connectivity index is 2.02. The fourth-order valence-electron chi connectivity index (χ4n) is 8.07. The van der Waals surface area contributed by atoms with Crippen molar-refractivity contribution in [2.75, 3.05) is 0 Å². The van der Waals surface area contributed by atoms with E-state index in [1.165, 1.54) is 5.57 Å². The van der Waals surface area contributed by atoms with Crippen molar-refractivity contribution in [3.05, 3.63) is 12.2 Å². The predicted molar refractivity (Wildman–Crippen MR) is 117 cm³/mol. The van der Waals surface area contributed by atoms with E-state index in [9.17, 15) is 14.7 Å². The van der Waals surface area contributed by atoms with E-state index >= 15 is 0 Å². The summed E-state index contributed by atoms with van der Waals surface area (Å²) in [6, 6.07) is 0. The molecule has 3 fully saturated rings. The highest BCUT2D eigenvalue weighted by molar-refractivity contribution is 5.79. The molecular weight excluding hydrogens is 360 g/mol. The van der Waals surface area contributed by atoms with Gasteiger partial charge in [-0.25, -0.2) is 0 Å². The van der Waals surface area contributed by atoms with Crippen LogP contribution in [0.2, 0.25) is 0 Å². The number of carbonyl (C=O) groups is 2. The van der Waals surface area contributed by atoms with Gasteiger partial charge in [0, 0.05) is 12.3 Å². The fourth-order valence-corrected chi connectivity index (χ4v) is 8.07. The van der Waals surface area contributed by atoms with E-state index in [2.05, 4.69) is 34.3 Å². The van der Waals surface area contributed by atoms with Crippen LogP contribution in [0.1, 0.15) is 86.5 Å². The number of aliphatic hydroxyl groups excluding tert-OH is 1. The molecule has 0 saturated heterocycles. The first kappa shape index (κ1) is 22.7. The van der Waals surface area contributed by atoms with Crippen LogP contribution in [0.3, 0.4) is 0 Å². The van der Waals surface area contributed by atoms with Crippen molar-refractivity contribution in [3.63, 3.8) is 0 Å². The topological polar surface area (TPSA) is 54.4 Å². The highest BCUT2D eigenvalue weighted by atomic mass is 16.3. The summed E-state index contributed by atoms with van der Waals surface area (Å²) >= 11 is 0. The SMILES string of the molecule is C=C1CCC2C([C@@H](O)C[C@@]3(C)C2C(CC(C)C)C[C@@H]3C(C)=O)[C@@]1(C)CCC(C)=O. The summed E-state index contributed by atoms with van der Waals surface area (Å²) < 4.78 is 0. The van der Waals surface area contributed by atoms with Gasteiger partial charge in [-0.15, -0.1) is 0 Å². The third-order valence-corrected chi connectivity index (χ3v) is 9.17. The molecule has 0 aliphatic heterocycles. The lowest BCUT2D eigenvalue weighted by atomic mass is 9.45. The lowest BCUT2D eigenvalue weighted by Crippen LogP contribution is -2.57. The molecule has 0 aromatic rings. The Morgan fingerprint density at radius 2 is 1.86 bits per heavy atom. The second-order valence-corrected chi connectivity index (χ2v) is 11.5. The van der Waals surface area contributed by atoms with Crippen molar-refractivity contribution >= 4 is 11.6 Å². The van der Waals surface area contributed by atoms with Gasteiger partial charge in [-0.2, -0.15) is 0 Å². The quantitative estimate of drug-likeness (QED) is 0.588. The second kappa shape index (κ2) is 7.94. The van der Waals surface area contributed by atoms with Gasteiger partial charge in [0.05, 0.1) is 6.10 Å². The highest BCUT2D eigenvalue weighted by Crippen LogP contribution is 2.68. The van der Waals surface area contributed by atoms with Crippen molar-refractivity contribution in [2.24, 2.45) is 46.3 Å². The summed E-state index contributed by atoms with van der Waals surface area (Å²) in [6.07, 6.45) is 5.82. The van der Waals surface area contributed by atoms with Crippen LogP contribution in [0.5, 0.6) is 0 Å². The molecule has 3 heteroatoms. The molecule has 0 radical (unpaired) electrons. The zero-order chi connectivity index (χ0) is 21.7. The molecule has 3 aliphatic rings. The van der Waals surface area contributed by atoms with E-state index in [1.54, 1.807) is 13.8 Å². The van der Waals surface area contributed by atoms with Gasteiger partial charge in [0.25, 0.3) is 0 Å². The normalized spacial score (nSPS) is 44.5. The number of hydrogen-bond donors (Lipinski definition) is 1. The fraction of sp³-hybridized carbons (Fsp3) is 0.846. The third kappa shape index (κ3) is 3.77. The van der Waals surface area contributed by atoms with Gasteiger partial charge in [0.2, 0.25) is 0 Å². The maximum atomic E-state index is 12.6. The first-order valence-electron chi connectivity index (χ1n) is 11.8. The van der Waals surface area contributed by atoms with Crippen LogP contribution in [0, 0.1) is 46.3 Å². The summed E-state index contributed by atoms with van der Waals surface area (Å²) in [5, 5.41) is 11.5. The van der Waals surface area contributed by atoms with Crippen LogP contribution in [0.25, 0.3) is 0 Å². The number of aliphatic hydroxyl groups is 1. The minimum atomic E-state index is -0.421. The molecule has 0 spiro atoms. The molecule has 3 nitrogen and oxygen atoms in total. The smallest absolute Gasteiger partial charge is 0.133 e. The first-order chi connectivity index (χ1) is 13.4. The Labute approximate surface area is 177 Å². The molecule has 0 amide bonds. The molecule has 3 saturated carbocycles. The maximum Gasteiger partial charge on any atom is 0.133 e. The van der Waals surface area contributed by atoms with Gasteiger partial charge in [-0.1, -0.05) is 39.8 Å². The second-order valence-electron chi connectivity index (χ2n) is 11.5. The number of rotatable bonds is 6. The summed E-state index contributed by atoms with van der Waals surface area (Å²) in [4.78, 5) is 24.4. The zero-order valence-electron chi connectivity index (χ0n) is 19.5. The van der Waals surface area contributed by atoms with Gasteiger partial charge in [0.15, 0.2) is 0 Å². The van der Waals surface area contributed by atoms with Crippen molar-refractivity contribution < 1.29 is 14.7 Å². The Morgan fingerprint density at radius 1 is 1.21 bits per heavy atom. The Bertz CT molecular complexity index is 679. The molecule has 0 aromatic heterocycles. The van der Waals surface area contributed by atoms with E-state index in [-0.39, 0.29) is 28.4 Å². The van der Waals surface area contributed by atoms with Crippen LogP contribution in [-0.4, -0.2) is 22.8 Å². The maximum absolute atomic E-state index is 12.6. The third-order valence-electron chi connectivity index (χ3n) is 9.17. The van der Waals surface area contributed by atoms with E-state index < -0.39 is 6.10 Å². The molecule has 3 aliphatic carbocycles. The molecule has 0 bridgehead atoms. The Kier molecular flexibility index (Phi) is 6.22. The number of ketones is 2. The van der Waals surface area contributed by atoms with Crippen LogP contribution >= 0.6 is 0 Å². The van der Waals surface area contributed by atoms with E-state index in [0.717, 1.165) is 32.1 Å². The van der Waals surface area contributed by atoms with Gasteiger partial charge < -0.3 is 9.90 Å². The average molecular weight is 403 g/mol. The van der Waals surface area contributed by atoms with Crippen molar-refractivity contribution in [1.29, 1.82) is 0 Å². The molecule has 8 atom stereocenters. The molecule has 0 aromatic carbocycles. The summed E-state index contributed by atoms with van der Waals surface area (Å²) in [6.45, 7) is 16.9. The largest absolute Gasteiger partial charge is 0.393 e. The highest BCUT2D eigenvalue weighted by Gasteiger charge is 2.64. The van der Waals surface area contributed by atoms with Crippen LogP contribution in [0.15, 0.2) is 12.2 Å². The van der Waals surface area contributed by atoms with Crippen LogP contribution < -0.4 is 0 Å². The zero-order valence-corrected chi connectivity index (χ0v) is 19.5. The molecule has 4 unspecified atom stereocenters. The monoisotopic (exact) mass is 402 g/mol. The lowest BCUT2D eigenvalue weighted by Gasteiger charge is -2.60. The Morgan fingerprint density at radius 3 is 2.41 bits per heavy atom. The average Bonchev–Trinajstić information content (AvgIpc) is 2.87. The predicted octanol–water partition coefficient (Wildman–Crippen LogP) is 5.60. The number of fused-ring (bicyclic) bond motifs is 3. The molecular formula is C26H42O3. The lowest BCUT2D eigenvalue weighted by molar-refractivity contribution is -0.146. The number of Topliss-reactive ketones (excluding diaryl/α,β-unsaturated/α-hetero) is 2. The van der Waals surface area contributed by atoms with E-state index in [4.69, 9.17) is 0 Å². The van der Waals surface area contributed by atoms with Gasteiger partial charge in [0.1, 0.15) is 11.6 Å². The van der Waals surface area contributed by atoms with E-state index in [1.807, 2.05) is 0 Å². The minimum absolute atomic E-state index is 0.0699.